The van der Waals surface area contributed by atoms with E-state index in [9.17, 15) is 12.8 Å². The molecule has 18 heavy (non-hydrogen) atoms. The number of hydrogen-bond donors (Lipinski definition) is 2. The lowest BCUT2D eigenvalue weighted by atomic mass is 10.2. The molecule has 0 amide bonds. The fraction of sp³-hybridized carbons (Fsp3) is 0.455. The molecule has 0 heterocycles. The SMILES string of the molecule is COCC(C)Nc1ccc(F)c(NS(C)(=O)=O)c1. The highest BCUT2D eigenvalue weighted by Crippen LogP contribution is 2.21. The summed E-state index contributed by atoms with van der Waals surface area (Å²) in [7, 11) is -1.91. The van der Waals surface area contributed by atoms with Crippen LogP contribution in [0.1, 0.15) is 6.92 Å². The molecule has 1 aromatic rings. The zero-order valence-corrected chi connectivity index (χ0v) is 11.3. The maximum Gasteiger partial charge on any atom is 0.229 e. The fourth-order valence-corrected chi connectivity index (χ4v) is 2.03. The quantitative estimate of drug-likeness (QED) is 0.829. The van der Waals surface area contributed by atoms with Crippen LogP contribution in [0.15, 0.2) is 18.2 Å². The molecule has 5 nitrogen and oxygen atoms in total. The van der Waals surface area contributed by atoms with Crippen molar-refractivity contribution in [3.63, 3.8) is 0 Å². The molecule has 0 fully saturated rings. The first kappa shape index (κ1) is 14.7. The number of benzene rings is 1. The summed E-state index contributed by atoms with van der Waals surface area (Å²) in [6.45, 7) is 2.39. The normalized spacial score (nSPS) is 13.1. The van der Waals surface area contributed by atoms with Gasteiger partial charge in [0.15, 0.2) is 0 Å². The van der Waals surface area contributed by atoms with E-state index in [-0.39, 0.29) is 11.7 Å². The molecule has 0 aliphatic rings. The Morgan fingerprint density at radius 1 is 1.44 bits per heavy atom. The molecule has 7 heteroatoms. The van der Waals surface area contributed by atoms with E-state index in [0.29, 0.717) is 12.3 Å². The molecule has 0 aliphatic heterocycles. The van der Waals surface area contributed by atoms with Gasteiger partial charge in [0.25, 0.3) is 0 Å². The van der Waals surface area contributed by atoms with Gasteiger partial charge in [-0.1, -0.05) is 0 Å². The molecule has 0 aliphatic carbocycles. The molecular formula is C11H17FN2O3S. The van der Waals surface area contributed by atoms with E-state index in [2.05, 4.69) is 10.0 Å². The topological polar surface area (TPSA) is 67.4 Å². The van der Waals surface area contributed by atoms with Crippen molar-refractivity contribution in [1.29, 1.82) is 0 Å². The maximum atomic E-state index is 13.4. The lowest BCUT2D eigenvalue weighted by Gasteiger charge is -2.15. The Balaban J connectivity index is 2.87. The van der Waals surface area contributed by atoms with Gasteiger partial charge >= 0.3 is 0 Å². The van der Waals surface area contributed by atoms with E-state index < -0.39 is 15.8 Å². The molecule has 0 spiro atoms. The van der Waals surface area contributed by atoms with Crippen LogP contribution in [-0.4, -0.2) is 34.4 Å². The Morgan fingerprint density at radius 3 is 2.67 bits per heavy atom. The molecule has 0 saturated heterocycles. The molecule has 1 rings (SSSR count). The van der Waals surface area contributed by atoms with Crippen molar-refractivity contribution in [3.8, 4) is 0 Å². The Bertz CT molecular complexity index is 505. The predicted molar refractivity (Wildman–Crippen MR) is 69.8 cm³/mol. The van der Waals surface area contributed by atoms with Gasteiger partial charge in [0.2, 0.25) is 10.0 Å². The van der Waals surface area contributed by atoms with Crippen LogP contribution in [0.3, 0.4) is 0 Å². The van der Waals surface area contributed by atoms with E-state index in [1.54, 1.807) is 7.11 Å². The average Bonchev–Trinajstić information content (AvgIpc) is 2.21. The van der Waals surface area contributed by atoms with Crippen molar-refractivity contribution in [3.05, 3.63) is 24.0 Å². The first-order chi connectivity index (χ1) is 8.31. The van der Waals surface area contributed by atoms with Gasteiger partial charge in [-0.3, -0.25) is 4.72 Å². The number of methoxy groups -OCH3 is 1. The Hall–Kier alpha value is -1.34. The van der Waals surface area contributed by atoms with E-state index in [1.807, 2.05) is 6.92 Å². The third-order valence-corrected chi connectivity index (χ3v) is 2.68. The number of sulfonamides is 1. The van der Waals surface area contributed by atoms with Crippen LogP contribution >= 0.6 is 0 Å². The van der Waals surface area contributed by atoms with Crippen LogP contribution < -0.4 is 10.0 Å². The van der Waals surface area contributed by atoms with Gasteiger partial charge in [0.05, 0.1) is 18.6 Å². The number of nitrogens with one attached hydrogen (secondary N) is 2. The van der Waals surface area contributed by atoms with E-state index >= 15 is 0 Å². The van der Waals surface area contributed by atoms with Crippen LogP contribution in [0.2, 0.25) is 0 Å². The third kappa shape index (κ3) is 4.89. The van der Waals surface area contributed by atoms with Crippen LogP contribution in [-0.2, 0) is 14.8 Å². The summed E-state index contributed by atoms with van der Waals surface area (Å²) in [5, 5.41) is 3.07. The predicted octanol–water partition coefficient (Wildman–Crippen LogP) is 1.64. The van der Waals surface area contributed by atoms with Gasteiger partial charge in [-0.15, -0.1) is 0 Å². The summed E-state index contributed by atoms with van der Waals surface area (Å²) in [6, 6.07) is 4.18. The molecule has 0 bridgehead atoms. The second-order valence-corrected chi connectivity index (χ2v) is 5.82. The summed E-state index contributed by atoms with van der Waals surface area (Å²) in [6.07, 6.45) is 0.972. The highest BCUT2D eigenvalue weighted by atomic mass is 32.2. The van der Waals surface area contributed by atoms with Crippen LogP contribution in [0.5, 0.6) is 0 Å². The minimum atomic E-state index is -3.50. The van der Waals surface area contributed by atoms with Crippen molar-refractivity contribution in [2.24, 2.45) is 0 Å². The van der Waals surface area contributed by atoms with Crippen molar-refractivity contribution >= 4 is 21.4 Å². The van der Waals surface area contributed by atoms with Crippen LogP contribution in [0, 0.1) is 5.82 Å². The van der Waals surface area contributed by atoms with Crippen molar-refractivity contribution < 1.29 is 17.5 Å². The standard InChI is InChI=1S/C11H17FN2O3S/c1-8(7-17-2)13-9-4-5-10(12)11(6-9)14-18(3,15)16/h4-6,8,13-14H,7H2,1-3H3. The molecule has 0 radical (unpaired) electrons. The van der Waals surface area contributed by atoms with Gasteiger partial charge in [-0.25, -0.2) is 12.8 Å². The maximum absolute atomic E-state index is 13.4. The molecule has 2 N–H and O–H groups in total. The average molecular weight is 276 g/mol. The van der Waals surface area contributed by atoms with Crippen molar-refractivity contribution in [1.82, 2.24) is 0 Å². The zero-order chi connectivity index (χ0) is 13.8. The van der Waals surface area contributed by atoms with Gasteiger partial charge in [0.1, 0.15) is 5.82 Å². The molecule has 0 aromatic heterocycles. The summed E-state index contributed by atoms with van der Waals surface area (Å²) in [4.78, 5) is 0. The van der Waals surface area contributed by atoms with Crippen molar-refractivity contribution in [2.75, 3.05) is 30.0 Å². The number of anilines is 2. The van der Waals surface area contributed by atoms with Crippen LogP contribution in [0.4, 0.5) is 15.8 Å². The van der Waals surface area contributed by atoms with Crippen molar-refractivity contribution in [2.45, 2.75) is 13.0 Å². The van der Waals surface area contributed by atoms with E-state index in [4.69, 9.17) is 4.74 Å². The summed E-state index contributed by atoms with van der Waals surface area (Å²) in [5.74, 6) is -0.620. The number of halogens is 1. The molecule has 1 aromatic carbocycles. The first-order valence-corrected chi connectivity index (χ1v) is 7.24. The number of rotatable bonds is 6. The van der Waals surface area contributed by atoms with Gasteiger partial charge in [-0.2, -0.15) is 0 Å². The summed E-state index contributed by atoms with van der Waals surface area (Å²) >= 11 is 0. The second kappa shape index (κ2) is 6.01. The highest BCUT2D eigenvalue weighted by Gasteiger charge is 2.09. The third-order valence-electron chi connectivity index (χ3n) is 2.09. The lowest BCUT2D eigenvalue weighted by Crippen LogP contribution is -2.21. The summed E-state index contributed by atoms with van der Waals surface area (Å²) < 4.78 is 42.6. The Kier molecular flexibility index (Phi) is 4.92. The second-order valence-electron chi connectivity index (χ2n) is 4.07. The van der Waals surface area contributed by atoms with E-state index in [0.717, 1.165) is 6.26 Å². The minimum Gasteiger partial charge on any atom is -0.383 e. The zero-order valence-electron chi connectivity index (χ0n) is 10.5. The molecule has 1 unspecified atom stereocenters. The Labute approximate surface area is 106 Å². The van der Waals surface area contributed by atoms with Gasteiger partial charge < -0.3 is 10.1 Å². The fourth-order valence-electron chi connectivity index (χ4n) is 1.47. The number of ether oxygens (including phenoxy) is 1. The molecule has 102 valence electrons. The highest BCUT2D eigenvalue weighted by molar-refractivity contribution is 7.92. The van der Waals surface area contributed by atoms with E-state index in [1.165, 1.54) is 18.2 Å². The van der Waals surface area contributed by atoms with Gasteiger partial charge in [-0.05, 0) is 25.1 Å². The van der Waals surface area contributed by atoms with Gasteiger partial charge in [0, 0.05) is 18.8 Å². The number of hydrogen-bond acceptors (Lipinski definition) is 4. The smallest absolute Gasteiger partial charge is 0.229 e. The summed E-state index contributed by atoms with van der Waals surface area (Å²) in [5.41, 5.74) is 0.541. The largest absolute Gasteiger partial charge is 0.383 e. The minimum absolute atomic E-state index is 0.0338. The molecule has 0 saturated carbocycles. The lowest BCUT2D eigenvalue weighted by molar-refractivity contribution is 0.190. The first-order valence-electron chi connectivity index (χ1n) is 5.34. The van der Waals surface area contributed by atoms with Crippen LogP contribution in [0.25, 0.3) is 0 Å². The molecular weight excluding hydrogens is 259 g/mol. The Morgan fingerprint density at radius 2 is 2.11 bits per heavy atom. The monoisotopic (exact) mass is 276 g/mol. The molecule has 1 atom stereocenters.